The number of benzene rings is 1. The highest BCUT2D eigenvalue weighted by molar-refractivity contribution is 7.92. The van der Waals surface area contributed by atoms with Gasteiger partial charge in [-0.05, 0) is 24.6 Å². The molecule has 1 aliphatic rings. The number of hydrogen-bond acceptors (Lipinski definition) is 7. The molecular formula is C20H19ClF4N4O3S2. The molecule has 3 aromatic rings. The van der Waals surface area contributed by atoms with Crippen LogP contribution < -0.4 is 9.62 Å². The number of hydrogen-bond donors (Lipinski definition) is 1. The number of likely N-dealkylation sites (N-methyl/N-ethyl adjacent to an activating group) is 1. The molecule has 0 spiro atoms. The lowest BCUT2D eigenvalue weighted by atomic mass is 10.2. The smallest absolute Gasteiger partial charge is 0.449 e. The van der Waals surface area contributed by atoms with Crippen molar-refractivity contribution in [3.05, 3.63) is 57.5 Å². The lowest BCUT2D eigenvalue weighted by molar-refractivity contribution is -0.153. The first-order chi connectivity index (χ1) is 15.9. The van der Waals surface area contributed by atoms with Crippen molar-refractivity contribution in [3.63, 3.8) is 0 Å². The van der Waals surface area contributed by atoms with E-state index in [1.54, 1.807) is 11.9 Å². The minimum Gasteiger partial charge on any atom is -0.455 e. The Hall–Kier alpha value is -2.35. The summed E-state index contributed by atoms with van der Waals surface area (Å²) in [4.78, 5) is 6.87. The van der Waals surface area contributed by atoms with Crippen molar-refractivity contribution in [1.29, 1.82) is 0 Å². The summed E-state index contributed by atoms with van der Waals surface area (Å²) in [6, 6.07) is 4.18. The molecule has 1 unspecified atom stereocenters. The number of sulfonamides is 1. The zero-order chi connectivity index (χ0) is 24.7. The molecule has 0 amide bonds. The molecular weight excluding hydrogens is 520 g/mol. The molecule has 34 heavy (non-hydrogen) atoms. The Bertz CT molecular complexity index is 1270. The van der Waals surface area contributed by atoms with Gasteiger partial charge < -0.3 is 9.32 Å². The zero-order valence-electron chi connectivity index (χ0n) is 17.6. The van der Waals surface area contributed by atoms with E-state index in [0.717, 1.165) is 18.2 Å². The molecule has 184 valence electrons. The molecule has 1 N–H and O–H groups in total. The van der Waals surface area contributed by atoms with Crippen LogP contribution in [0.2, 0.25) is 5.02 Å². The molecule has 0 bridgehead atoms. The first-order valence-electron chi connectivity index (χ1n) is 9.95. The van der Waals surface area contributed by atoms with E-state index in [1.165, 1.54) is 28.3 Å². The summed E-state index contributed by atoms with van der Waals surface area (Å²) in [5.74, 6) is -1.75. The van der Waals surface area contributed by atoms with Gasteiger partial charge in [0.1, 0.15) is 16.5 Å². The van der Waals surface area contributed by atoms with Gasteiger partial charge in [-0.25, -0.2) is 17.8 Å². The normalized spacial score (nSPS) is 17.3. The number of nitrogens with zero attached hydrogens (tertiary/aromatic N) is 3. The minimum atomic E-state index is -4.54. The first kappa shape index (κ1) is 24.8. The first-order valence-corrected chi connectivity index (χ1v) is 12.8. The monoisotopic (exact) mass is 538 g/mol. The van der Waals surface area contributed by atoms with Crippen LogP contribution in [0.1, 0.15) is 17.9 Å². The molecule has 2 aromatic heterocycles. The number of alkyl halides is 3. The molecule has 1 aliphatic heterocycles. The Morgan fingerprint density at radius 3 is 2.76 bits per heavy atom. The number of rotatable bonds is 7. The highest BCUT2D eigenvalue weighted by Gasteiger charge is 2.35. The second-order valence-electron chi connectivity index (χ2n) is 7.77. The Morgan fingerprint density at radius 1 is 1.35 bits per heavy atom. The third-order valence-electron chi connectivity index (χ3n) is 5.46. The van der Waals surface area contributed by atoms with Crippen LogP contribution in [0.5, 0.6) is 0 Å². The summed E-state index contributed by atoms with van der Waals surface area (Å²) in [6.07, 6.45) is -3.89. The fourth-order valence-electron chi connectivity index (χ4n) is 3.75. The molecule has 14 heteroatoms. The third-order valence-corrected chi connectivity index (χ3v) is 7.72. The Balaban J connectivity index is 1.45. The molecule has 3 heterocycles. The van der Waals surface area contributed by atoms with E-state index in [9.17, 15) is 26.0 Å². The summed E-state index contributed by atoms with van der Waals surface area (Å²) in [5, 5.41) is 1.51. The number of thiazole rings is 1. The molecule has 0 saturated carbocycles. The van der Waals surface area contributed by atoms with Crippen LogP contribution in [0.3, 0.4) is 0 Å². The Morgan fingerprint density at radius 2 is 2.12 bits per heavy atom. The molecule has 4 rings (SSSR count). The molecule has 0 radical (unpaired) electrons. The van der Waals surface area contributed by atoms with Gasteiger partial charge in [0.05, 0.1) is 22.8 Å². The number of aromatic nitrogens is 1. The summed E-state index contributed by atoms with van der Waals surface area (Å²) in [7, 11) is -2.53. The van der Waals surface area contributed by atoms with Crippen molar-refractivity contribution in [2.75, 3.05) is 29.8 Å². The predicted octanol–water partition coefficient (Wildman–Crippen LogP) is 5.06. The lowest BCUT2D eigenvalue weighted by Crippen LogP contribution is -2.34. The topological polar surface area (TPSA) is 78.7 Å². The SMILES string of the molecule is CN(c1cc(F)c(S(=O)(=O)Nc2cscn2)cc1Cl)C1CCN(Cc2ccc(C(F)(F)F)o2)C1. The Labute approximate surface area is 202 Å². The van der Waals surface area contributed by atoms with E-state index < -0.39 is 32.7 Å². The summed E-state index contributed by atoms with van der Waals surface area (Å²) >= 11 is 7.51. The number of furan rings is 1. The van der Waals surface area contributed by atoms with Crippen molar-refractivity contribution in [1.82, 2.24) is 9.88 Å². The van der Waals surface area contributed by atoms with Crippen molar-refractivity contribution in [2.45, 2.75) is 30.1 Å². The van der Waals surface area contributed by atoms with Gasteiger partial charge in [0.2, 0.25) is 5.76 Å². The van der Waals surface area contributed by atoms with Crippen molar-refractivity contribution in [3.8, 4) is 0 Å². The summed E-state index contributed by atoms with van der Waals surface area (Å²) in [6.45, 7) is 1.26. The lowest BCUT2D eigenvalue weighted by Gasteiger charge is -2.28. The average Bonchev–Trinajstić information content (AvgIpc) is 3.50. The molecule has 1 atom stereocenters. The largest absolute Gasteiger partial charge is 0.455 e. The van der Waals surface area contributed by atoms with E-state index in [4.69, 9.17) is 16.0 Å². The number of halogens is 5. The highest BCUT2D eigenvalue weighted by atomic mass is 35.5. The van der Waals surface area contributed by atoms with Gasteiger partial charge in [0.15, 0.2) is 5.82 Å². The predicted molar refractivity (Wildman–Crippen MR) is 120 cm³/mol. The van der Waals surface area contributed by atoms with Gasteiger partial charge in [0, 0.05) is 37.6 Å². The minimum absolute atomic E-state index is 0.0434. The van der Waals surface area contributed by atoms with Crippen LogP contribution in [0.25, 0.3) is 0 Å². The Kier molecular flexibility index (Phi) is 6.82. The van der Waals surface area contributed by atoms with Gasteiger partial charge >= 0.3 is 6.18 Å². The fourth-order valence-corrected chi connectivity index (χ4v) is 5.76. The third kappa shape index (κ3) is 5.32. The van der Waals surface area contributed by atoms with E-state index in [0.29, 0.717) is 25.2 Å². The summed E-state index contributed by atoms with van der Waals surface area (Å²) < 4.78 is 85.2. The maximum atomic E-state index is 14.8. The van der Waals surface area contributed by atoms with E-state index in [2.05, 4.69) is 9.71 Å². The van der Waals surface area contributed by atoms with Gasteiger partial charge in [-0.1, -0.05) is 11.6 Å². The maximum absolute atomic E-state index is 14.8. The molecule has 7 nitrogen and oxygen atoms in total. The zero-order valence-corrected chi connectivity index (χ0v) is 20.0. The van der Waals surface area contributed by atoms with Crippen LogP contribution in [0, 0.1) is 5.82 Å². The van der Waals surface area contributed by atoms with E-state index >= 15 is 0 Å². The second kappa shape index (κ2) is 9.36. The second-order valence-corrected chi connectivity index (χ2v) is 10.5. The molecule has 1 aromatic carbocycles. The standard InChI is InChI=1S/C20H19ClF4N4O3S2/c1-28(12-4-5-29(8-12)9-13-2-3-18(32-13)20(23,24)25)16-7-15(22)17(6-14(16)21)34(30,31)27-19-10-33-11-26-19/h2-3,6-7,10-12,27H,4-5,8-9H2,1H3. The van der Waals surface area contributed by atoms with Crippen LogP contribution >= 0.6 is 22.9 Å². The van der Waals surface area contributed by atoms with E-state index in [1.807, 2.05) is 4.90 Å². The van der Waals surface area contributed by atoms with Gasteiger partial charge in [0.25, 0.3) is 10.0 Å². The van der Waals surface area contributed by atoms with Gasteiger partial charge in [-0.2, -0.15) is 13.2 Å². The van der Waals surface area contributed by atoms with Crippen LogP contribution in [0.15, 0.2) is 44.5 Å². The average molecular weight is 539 g/mol. The summed E-state index contributed by atoms with van der Waals surface area (Å²) in [5.41, 5.74) is 1.74. The van der Waals surface area contributed by atoms with Crippen LogP contribution in [0.4, 0.5) is 29.1 Å². The van der Waals surface area contributed by atoms with Gasteiger partial charge in [-0.3, -0.25) is 9.62 Å². The van der Waals surface area contributed by atoms with E-state index in [-0.39, 0.29) is 29.2 Å². The molecule has 0 aliphatic carbocycles. The fraction of sp³-hybridized carbons (Fsp3) is 0.350. The van der Waals surface area contributed by atoms with Crippen molar-refractivity contribution in [2.24, 2.45) is 0 Å². The van der Waals surface area contributed by atoms with Crippen LogP contribution in [-0.4, -0.2) is 44.5 Å². The highest BCUT2D eigenvalue weighted by Crippen LogP contribution is 2.34. The quantitative estimate of drug-likeness (QED) is 0.424. The maximum Gasteiger partial charge on any atom is 0.449 e. The van der Waals surface area contributed by atoms with Crippen molar-refractivity contribution >= 4 is 44.5 Å². The van der Waals surface area contributed by atoms with Gasteiger partial charge in [-0.15, -0.1) is 11.3 Å². The van der Waals surface area contributed by atoms with Crippen molar-refractivity contribution < 1.29 is 30.4 Å². The number of nitrogens with one attached hydrogen (secondary N) is 1. The molecule has 1 fully saturated rings. The number of likely N-dealkylation sites (tertiary alicyclic amines) is 1. The van der Waals surface area contributed by atoms with Crippen LogP contribution in [-0.2, 0) is 22.7 Å². The number of anilines is 2. The molecule has 1 saturated heterocycles.